The second kappa shape index (κ2) is 3.67. The fourth-order valence-electron chi connectivity index (χ4n) is 1.21. The van der Waals surface area contributed by atoms with Gasteiger partial charge in [-0.2, -0.15) is 0 Å². The van der Waals surface area contributed by atoms with Crippen LogP contribution in [0.3, 0.4) is 0 Å². The average Bonchev–Trinajstić information content (AvgIpc) is 1.82. The largest absolute Gasteiger partial charge is 0.393 e. The van der Waals surface area contributed by atoms with E-state index in [0.29, 0.717) is 12.8 Å². The number of rotatable bonds is 3. The van der Waals surface area contributed by atoms with E-state index in [2.05, 4.69) is 5.32 Å². The summed E-state index contributed by atoms with van der Waals surface area (Å²) >= 11 is 0. The Morgan fingerprint density at radius 2 is 2.08 bits per heavy atom. The molecule has 1 aliphatic carbocycles. The molecule has 0 saturated heterocycles. The third-order valence-electron chi connectivity index (χ3n) is 1.89. The Kier molecular flexibility index (Phi) is 2.81. The maximum atomic E-state index is 10.9. The minimum absolute atomic E-state index is 0.0490. The zero-order valence-corrected chi connectivity index (χ0v) is 7.04. The maximum absolute atomic E-state index is 10.9. The third-order valence-corrected chi connectivity index (χ3v) is 1.89. The van der Waals surface area contributed by atoms with E-state index in [1.807, 2.05) is 0 Å². The highest BCUT2D eigenvalue weighted by molar-refractivity contribution is 5.96. The Morgan fingerprint density at radius 3 is 2.50 bits per heavy atom. The molecule has 2 N–H and O–H groups in total. The van der Waals surface area contributed by atoms with Crippen LogP contribution < -0.4 is 5.32 Å². The molecule has 0 spiro atoms. The molecule has 1 rings (SSSR count). The van der Waals surface area contributed by atoms with E-state index in [9.17, 15) is 9.59 Å². The number of aliphatic hydroxyl groups excluding tert-OH is 1. The molecule has 0 radical (unpaired) electrons. The van der Waals surface area contributed by atoms with Gasteiger partial charge in [0, 0.05) is 6.04 Å². The smallest absolute Gasteiger partial charge is 0.227 e. The molecule has 1 aliphatic rings. The molecule has 1 amide bonds. The molecule has 0 aliphatic heterocycles. The molecular weight excluding hydrogens is 158 g/mol. The van der Waals surface area contributed by atoms with Crippen LogP contribution in [0.4, 0.5) is 0 Å². The predicted molar refractivity (Wildman–Crippen MR) is 42.5 cm³/mol. The molecule has 4 nitrogen and oxygen atoms in total. The lowest BCUT2D eigenvalue weighted by Crippen LogP contribution is -2.47. The van der Waals surface area contributed by atoms with Gasteiger partial charge in [-0.15, -0.1) is 0 Å². The highest BCUT2D eigenvalue weighted by Gasteiger charge is 2.28. The van der Waals surface area contributed by atoms with Crippen molar-refractivity contribution in [2.45, 2.75) is 38.3 Å². The molecule has 0 aromatic rings. The van der Waals surface area contributed by atoms with E-state index in [0.717, 1.165) is 0 Å². The van der Waals surface area contributed by atoms with Gasteiger partial charge in [0.05, 0.1) is 12.5 Å². The van der Waals surface area contributed by atoms with Crippen molar-refractivity contribution >= 4 is 11.7 Å². The van der Waals surface area contributed by atoms with Gasteiger partial charge in [0.25, 0.3) is 0 Å². The molecule has 12 heavy (non-hydrogen) atoms. The molecule has 0 atom stereocenters. The van der Waals surface area contributed by atoms with Crippen molar-refractivity contribution in [2.24, 2.45) is 0 Å². The summed E-state index contributed by atoms with van der Waals surface area (Å²) < 4.78 is 0. The summed E-state index contributed by atoms with van der Waals surface area (Å²) in [6, 6.07) is 0.0758. The molecule has 0 heterocycles. The van der Waals surface area contributed by atoms with Crippen molar-refractivity contribution in [3.8, 4) is 0 Å². The second-order valence-electron chi connectivity index (χ2n) is 3.27. The quantitative estimate of drug-likeness (QED) is 0.568. The Bertz CT molecular complexity index is 196. The zero-order valence-electron chi connectivity index (χ0n) is 7.04. The van der Waals surface area contributed by atoms with Crippen molar-refractivity contribution < 1.29 is 14.7 Å². The molecule has 0 bridgehead atoms. The first kappa shape index (κ1) is 9.19. The number of amides is 1. The number of aliphatic hydroxyl groups is 1. The standard InChI is InChI=1S/C8H13NO3/c1-5(10)2-8(12)9-6-3-7(11)4-6/h6-7,11H,2-4H2,1H3,(H,9,12). The highest BCUT2D eigenvalue weighted by Crippen LogP contribution is 2.19. The van der Waals surface area contributed by atoms with Crippen LogP contribution in [0.2, 0.25) is 0 Å². The van der Waals surface area contributed by atoms with Gasteiger partial charge in [0.1, 0.15) is 5.78 Å². The van der Waals surface area contributed by atoms with Crippen molar-refractivity contribution in [1.82, 2.24) is 5.32 Å². The summed E-state index contributed by atoms with van der Waals surface area (Å²) in [6.07, 6.45) is 0.910. The van der Waals surface area contributed by atoms with Crippen LogP contribution in [0.1, 0.15) is 26.2 Å². The van der Waals surface area contributed by atoms with E-state index in [1.165, 1.54) is 6.92 Å². The Hall–Kier alpha value is -0.900. The summed E-state index contributed by atoms with van der Waals surface area (Å²) in [5.41, 5.74) is 0. The van der Waals surface area contributed by atoms with Crippen molar-refractivity contribution in [3.63, 3.8) is 0 Å². The summed E-state index contributed by atoms with van der Waals surface area (Å²) in [5.74, 6) is -0.369. The molecular formula is C8H13NO3. The summed E-state index contributed by atoms with van der Waals surface area (Å²) in [7, 11) is 0. The van der Waals surface area contributed by atoms with Gasteiger partial charge < -0.3 is 10.4 Å². The minimum Gasteiger partial charge on any atom is -0.393 e. The van der Waals surface area contributed by atoms with Crippen molar-refractivity contribution in [3.05, 3.63) is 0 Å². The molecule has 0 aromatic heterocycles. The number of Topliss-reactive ketones (excluding diaryl/α,β-unsaturated/α-hetero) is 1. The van der Waals surface area contributed by atoms with Crippen LogP contribution in [0.15, 0.2) is 0 Å². The maximum Gasteiger partial charge on any atom is 0.227 e. The first-order chi connectivity index (χ1) is 5.58. The molecule has 68 valence electrons. The normalized spacial score (nSPS) is 27.5. The summed E-state index contributed by atoms with van der Waals surface area (Å²) in [5, 5.41) is 11.6. The van der Waals surface area contributed by atoms with Gasteiger partial charge in [-0.1, -0.05) is 0 Å². The molecule has 1 fully saturated rings. The number of hydrogen-bond acceptors (Lipinski definition) is 3. The van der Waals surface area contributed by atoms with Gasteiger partial charge in [0.2, 0.25) is 5.91 Å². The molecule has 4 heteroatoms. The Balaban J connectivity index is 2.15. The monoisotopic (exact) mass is 171 g/mol. The van der Waals surface area contributed by atoms with Crippen LogP contribution in [0, 0.1) is 0 Å². The predicted octanol–water partition coefficient (Wildman–Crippen LogP) is -0.395. The molecule has 0 aromatic carbocycles. The lowest BCUT2D eigenvalue weighted by atomic mass is 9.89. The number of carbonyl (C=O) groups excluding carboxylic acids is 2. The van der Waals surface area contributed by atoms with E-state index in [1.54, 1.807) is 0 Å². The minimum atomic E-state index is -0.271. The number of hydrogen-bond donors (Lipinski definition) is 2. The van der Waals surface area contributed by atoms with Gasteiger partial charge in [0.15, 0.2) is 0 Å². The number of carbonyl (C=O) groups is 2. The Morgan fingerprint density at radius 1 is 1.50 bits per heavy atom. The van der Waals surface area contributed by atoms with E-state index < -0.39 is 0 Å². The van der Waals surface area contributed by atoms with E-state index >= 15 is 0 Å². The van der Waals surface area contributed by atoms with Crippen LogP contribution in [-0.4, -0.2) is 28.9 Å². The van der Waals surface area contributed by atoms with Gasteiger partial charge in [-0.25, -0.2) is 0 Å². The van der Waals surface area contributed by atoms with Crippen molar-refractivity contribution in [2.75, 3.05) is 0 Å². The molecule has 0 unspecified atom stereocenters. The van der Waals surface area contributed by atoms with Crippen LogP contribution in [-0.2, 0) is 9.59 Å². The SMILES string of the molecule is CC(=O)CC(=O)NC1CC(O)C1. The highest BCUT2D eigenvalue weighted by atomic mass is 16.3. The fraction of sp³-hybridized carbons (Fsp3) is 0.750. The lowest BCUT2D eigenvalue weighted by Gasteiger charge is -2.31. The lowest BCUT2D eigenvalue weighted by molar-refractivity contribution is -0.128. The van der Waals surface area contributed by atoms with Crippen LogP contribution in [0.25, 0.3) is 0 Å². The summed E-state index contributed by atoms with van der Waals surface area (Å²) in [6.45, 7) is 1.38. The topological polar surface area (TPSA) is 66.4 Å². The van der Waals surface area contributed by atoms with Crippen LogP contribution in [0.5, 0.6) is 0 Å². The van der Waals surface area contributed by atoms with Crippen molar-refractivity contribution in [1.29, 1.82) is 0 Å². The second-order valence-corrected chi connectivity index (χ2v) is 3.27. The first-order valence-corrected chi connectivity index (χ1v) is 4.05. The average molecular weight is 171 g/mol. The number of nitrogens with one attached hydrogen (secondary N) is 1. The summed E-state index contributed by atoms with van der Waals surface area (Å²) in [4.78, 5) is 21.4. The van der Waals surface area contributed by atoms with Crippen LogP contribution >= 0.6 is 0 Å². The fourth-order valence-corrected chi connectivity index (χ4v) is 1.21. The Labute approximate surface area is 71.0 Å². The van der Waals surface area contributed by atoms with E-state index in [4.69, 9.17) is 5.11 Å². The van der Waals surface area contributed by atoms with Gasteiger partial charge >= 0.3 is 0 Å². The van der Waals surface area contributed by atoms with E-state index in [-0.39, 0.29) is 30.3 Å². The van der Waals surface area contributed by atoms with Gasteiger partial charge in [-0.05, 0) is 19.8 Å². The zero-order chi connectivity index (χ0) is 9.14. The number of ketones is 1. The van der Waals surface area contributed by atoms with Gasteiger partial charge in [-0.3, -0.25) is 9.59 Å². The third kappa shape index (κ3) is 2.62. The first-order valence-electron chi connectivity index (χ1n) is 4.05. The molecule has 1 saturated carbocycles.